The number of ether oxygens (including phenoxy) is 1. The van der Waals surface area contributed by atoms with Gasteiger partial charge in [-0.05, 0) is 53.6 Å². The van der Waals surface area contributed by atoms with E-state index in [4.69, 9.17) is 16.3 Å². The van der Waals surface area contributed by atoms with Gasteiger partial charge in [-0.1, -0.05) is 41.9 Å². The van der Waals surface area contributed by atoms with Crippen molar-refractivity contribution >= 4 is 41.1 Å². The molecule has 2 amide bonds. The van der Waals surface area contributed by atoms with Gasteiger partial charge in [0.25, 0.3) is 0 Å². The fraction of sp³-hybridized carbons (Fsp3) is 0.185. The van der Waals surface area contributed by atoms with Gasteiger partial charge in [0.2, 0.25) is 11.8 Å². The lowest BCUT2D eigenvalue weighted by Crippen LogP contribution is -2.44. The molecule has 3 aliphatic heterocycles. The number of imide groups is 1. The number of hydrazone groups is 1. The average molecular weight is 486 g/mol. The van der Waals surface area contributed by atoms with Crippen LogP contribution in [0.5, 0.6) is 5.75 Å². The Kier molecular flexibility index (Phi) is 4.96. The van der Waals surface area contributed by atoms with E-state index in [-0.39, 0.29) is 11.7 Å². The highest BCUT2D eigenvalue weighted by Gasteiger charge is 2.65. The van der Waals surface area contributed by atoms with Crippen LogP contribution in [0.15, 0.2) is 77.9 Å². The van der Waals surface area contributed by atoms with Crippen LogP contribution in [0.25, 0.3) is 0 Å². The summed E-state index contributed by atoms with van der Waals surface area (Å²) in [6.45, 7) is 0. The number of carbonyl (C=O) groups is 3. The molecule has 2 saturated heterocycles. The molecule has 0 bridgehead atoms. The number of rotatable bonds is 4. The van der Waals surface area contributed by atoms with E-state index in [1.54, 1.807) is 66.9 Å². The minimum absolute atomic E-state index is 0.268. The van der Waals surface area contributed by atoms with Crippen molar-refractivity contribution < 1.29 is 19.1 Å². The van der Waals surface area contributed by atoms with Gasteiger partial charge in [0.15, 0.2) is 5.78 Å². The minimum Gasteiger partial charge on any atom is -0.497 e. The van der Waals surface area contributed by atoms with Gasteiger partial charge >= 0.3 is 0 Å². The monoisotopic (exact) mass is 485 g/mol. The number of amides is 2. The zero-order valence-electron chi connectivity index (χ0n) is 18.7. The molecule has 8 heteroatoms. The maximum absolute atomic E-state index is 13.8. The molecule has 6 rings (SSSR count). The van der Waals surface area contributed by atoms with Gasteiger partial charge in [0.05, 0.1) is 36.9 Å². The van der Waals surface area contributed by atoms with E-state index in [1.807, 2.05) is 24.3 Å². The minimum atomic E-state index is -0.927. The molecule has 0 unspecified atom stereocenters. The van der Waals surface area contributed by atoms with E-state index in [0.29, 0.717) is 22.0 Å². The van der Waals surface area contributed by atoms with Crippen molar-refractivity contribution in [2.24, 2.45) is 16.9 Å². The smallest absolute Gasteiger partial charge is 0.240 e. The number of halogens is 1. The van der Waals surface area contributed by atoms with Crippen LogP contribution in [0.2, 0.25) is 5.02 Å². The highest BCUT2D eigenvalue weighted by molar-refractivity contribution is 6.31. The lowest BCUT2D eigenvalue weighted by molar-refractivity contribution is -0.124. The Labute approximate surface area is 206 Å². The van der Waals surface area contributed by atoms with Gasteiger partial charge in [0, 0.05) is 10.6 Å². The fourth-order valence-electron chi connectivity index (χ4n) is 5.46. The third-order valence-electron chi connectivity index (χ3n) is 7.00. The van der Waals surface area contributed by atoms with Gasteiger partial charge < -0.3 is 4.74 Å². The molecule has 0 aliphatic carbocycles. The number of hydrogen-bond acceptors (Lipinski definition) is 6. The molecule has 0 saturated carbocycles. The molecule has 35 heavy (non-hydrogen) atoms. The summed E-state index contributed by atoms with van der Waals surface area (Å²) in [6, 6.07) is 19.5. The highest BCUT2D eigenvalue weighted by Crippen LogP contribution is 2.53. The molecule has 3 aromatic rings. The van der Waals surface area contributed by atoms with E-state index in [2.05, 4.69) is 5.10 Å². The fourth-order valence-corrected chi connectivity index (χ4v) is 5.65. The third kappa shape index (κ3) is 3.19. The quantitative estimate of drug-likeness (QED) is 0.410. The maximum Gasteiger partial charge on any atom is 0.240 e. The Morgan fingerprint density at radius 2 is 1.69 bits per heavy atom. The summed E-state index contributed by atoms with van der Waals surface area (Å²) in [5.41, 5.74) is 2.56. The summed E-state index contributed by atoms with van der Waals surface area (Å²) >= 11 is 6.16. The zero-order valence-corrected chi connectivity index (χ0v) is 19.4. The number of anilines is 1. The number of methoxy groups -OCH3 is 1. The second-order valence-electron chi connectivity index (χ2n) is 8.78. The lowest BCUT2D eigenvalue weighted by Gasteiger charge is -2.33. The number of fused-ring (bicyclic) bond motifs is 5. The van der Waals surface area contributed by atoms with Gasteiger partial charge in [-0.15, -0.1) is 0 Å². The first-order valence-electron chi connectivity index (χ1n) is 11.2. The Morgan fingerprint density at radius 1 is 0.943 bits per heavy atom. The van der Waals surface area contributed by atoms with Crippen molar-refractivity contribution in [2.75, 3.05) is 12.0 Å². The molecular weight excluding hydrogens is 466 g/mol. The number of ketones is 1. The van der Waals surface area contributed by atoms with Crippen LogP contribution >= 0.6 is 11.6 Å². The molecule has 2 fully saturated rings. The summed E-state index contributed by atoms with van der Waals surface area (Å²) < 4.78 is 5.21. The number of carbonyl (C=O) groups excluding carboxylic acids is 3. The van der Waals surface area contributed by atoms with Crippen molar-refractivity contribution in [1.82, 2.24) is 5.01 Å². The summed E-state index contributed by atoms with van der Waals surface area (Å²) in [6.07, 6.45) is 1.69. The maximum atomic E-state index is 13.8. The van der Waals surface area contributed by atoms with Gasteiger partial charge in [0.1, 0.15) is 11.8 Å². The molecule has 7 nitrogen and oxygen atoms in total. The van der Waals surface area contributed by atoms with E-state index in [0.717, 1.165) is 11.1 Å². The Hall–Kier alpha value is -3.97. The van der Waals surface area contributed by atoms with E-state index < -0.39 is 29.8 Å². The van der Waals surface area contributed by atoms with Crippen LogP contribution < -0.4 is 9.64 Å². The van der Waals surface area contributed by atoms with Gasteiger partial charge in [-0.2, -0.15) is 5.10 Å². The standard InChI is InChI=1S/C27H20ClN3O4/c1-35-19-11-9-15(10-12-19)25(32)24-22-21(23-20-8-3-2-5-16(20)14-29-31(23)24)26(33)30(27(22)34)18-7-4-6-17(28)13-18/h2-14,21-24H,1H3/t21-,22+,23-,24-/m0/s1. The number of nitrogens with zero attached hydrogens (tertiary/aromatic N) is 3. The Bertz CT molecular complexity index is 1400. The van der Waals surface area contributed by atoms with E-state index in [9.17, 15) is 14.4 Å². The molecule has 3 aliphatic rings. The molecule has 0 aromatic heterocycles. The molecule has 0 radical (unpaired) electrons. The largest absolute Gasteiger partial charge is 0.497 e. The van der Waals surface area contributed by atoms with Gasteiger partial charge in [-0.25, -0.2) is 4.90 Å². The second kappa shape index (κ2) is 8.06. The highest BCUT2D eigenvalue weighted by atomic mass is 35.5. The van der Waals surface area contributed by atoms with E-state index >= 15 is 0 Å². The predicted molar refractivity (Wildman–Crippen MR) is 131 cm³/mol. The second-order valence-corrected chi connectivity index (χ2v) is 9.22. The average Bonchev–Trinajstić information content (AvgIpc) is 3.36. The van der Waals surface area contributed by atoms with E-state index in [1.165, 1.54) is 4.90 Å². The first-order chi connectivity index (χ1) is 17.0. The topological polar surface area (TPSA) is 79.3 Å². The predicted octanol–water partition coefficient (Wildman–Crippen LogP) is 4.11. The molecule has 3 heterocycles. The molecule has 0 N–H and O–H groups in total. The van der Waals surface area contributed by atoms with Crippen molar-refractivity contribution in [1.29, 1.82) is 0 Å². The Morgan fingerprint density at radius 3 is 2.43 bits per heavy atom. The molecular formula is C27H20ClN3O4. The van der Waals surface area contributed by atoms with Crippen molar-refractivity contribution in [3.8, 4) is 5.75 Å². The zero-order chi connectivity index (χ0) is 24.3. The molecule has 174 valence electrons. The summed E-state index contributed by atoms with van der Waals surface area (Å²) in [5.74, 6) is -2.06. The van der Waals surface area contributed by atoms with Crippen molar-refractivity contribution in [3.63, 3.8) is 0 Å². The SMILES string of the molecule is COc1ccc(C(=O)[C@@H]2[C@@H]3C(=O)N(c4cccc(Cl)c4)C(=O)[C@@H]3[C@@H]3c4ccccc4C=NN23)cc1. The van der Waals surface area contributed by atoms with Crippen LogP contribution in [0.3, 0.4) is 0 Å². The van der Waals surface area contributed by atoms with Crippen molar-refractivity contribution in [2.45, 2.75) is 12.1 Å². The number of Topliss-reactive ketones (excluding diaryl/α,β-unsaturated/α-hetero) is 1. The van der Waals surface area contributed by atoms with Crippen LogP contribution in [-0.4, -0.2) is 42.0 Å². The summed E-state index contributed by atoms with van der Waals surface area (Å²) in [7, 11) is 1.55. The van der Waals surface area contributed by atoms with Crippen LogP contribution in [0, 0.1) is 11.8 Å². The molecule has 4 atom stereocenters. The van der Waals surface area contributed by atoms with Crippen molar-refractivity contribution in [3.05, 3.63) is 94.5 Å². The van der Waals surface area contributed by atoms with Crippen LogP contribution in [0.1, 0.15) is 27.5 Å². The summed E-state index contributed by atoms with van der Waals surface area (Å²) in [4.78, 5) is 42.7. The first-order valence-corrected chi connectivity index (χ1v) is 11.6. The third-order valence-corrected chi connectivity index (χ3v) is 7.24. The first kappa shape index (κ1) is 21.6. The normalized spacial score (nSPS) is 24.3. The lowest BCUT2D eigenvalue weighted by atomic mass is 9.83. The molecule has 0 spiro atoms. The summed E-state index contributed by atoms with van der Waals surface area (Å²) in [5, 5.41) is 6.64. The van der Waals surface area contributed by atoms with Gasteiger partial charge in [-0.3, -0.25) is 19.4 Å². The Balaban J connectivity index is 1.48. The number of benzene rings is 3. The van der Waals surface area contributed by atoms with Crippen LogP contribution in [0.4, 0.5) is 5.69 Å². The molecule has 3 aromatic carbocycles. The van der Waals surface area contributed by atoms with Crippen LogP contribution in [-0.2, 0) is 9.59 Å². The number of hydrogen-bond donors (Lipinski definition) is 0.